The van der Waals surface area contributed by atoms with Gasteiger partial charge in [-0.05, 0) is 46.0 Å². The van der Waals surface area contributed by atoms with Crippen LogP contribution in [0.15, 0.2) is 23.1 Å². The quantitative estimate of drug-likeness (QED) is 0.718. The molecule has 0 N–H and O–H groups in total. The van der Waals surface area contributed by atoms with Gasteiger partial charge in [0, 0.05) is 38.3 Å². The molecule has 0 unspecified atom stereocenters. The molecule has 29 heavy (non-hydrogen) atoms. The number of nitrogens with zero attached hydrogens (tertiary/aromatic N) is 7. The predicted octanol–water partition coefficient (Wildman–Crippen LogP) is 0.913. The molecule has 0 aliphatic carbocycles. The minimum atomic E-state index is -0.107. The molecule has 0 saturated carbocycles. The molecule has 1 saturated heterocycles. The lowest BCUT2D eigenvalue weighted by molar-refractivity contribution is 0.0702. The Morgan fingerprint density at radius 2 is 2.17 bits per heavy atom. The van der Waals surface area contributed by atoms with Crippen LogP contribution in [0.3, 0.4) is 0 Å². The highest BCUT2D eigenvalue weighted by molar-refractivity contribution is 5.94. The minimum absolute atomic E-state index is 0.0206. The van der Waals surface area contributed by atoms with Crippen molar-refractivity contribution in [3.63, 3.8) is 0 Å². The van der Waals surface area contributed by atoms with E-state index >= 15 is 0 Å². The monoisotopic (exact) mass is 397 g/mol. The van der Waals surface area contributed by atoms with E-state index in [1.807, 2.05) is 32.0 Å². The van der Waals surface area contributed by atoms with Crippen molar-refractivity contribution in [2.45, 2.75) is 38.8 Å². The van der Waals surface area contributed by atoms with Gasteiger partial charge in [0.25, 0.3) is 5.91 Å². The van der Waals surface area contributed by atoms with Crippen LogP contribution in [0.2, 0.25) is 0 Å². The van der Waals surface area contributed by atoms with Gasteiger partial charge in [-0.1, -0.05) is 0 Å². The molecule has 9 nitrogen and oxygen atoms in total. The van der Waals surface area contributed by atoms with Crippen LogP contribution >= 0.6 is 0 Å². The fraction of sp³-hybridized carbons (Fsp3) is 0.550. The van der Waals surface area contributed by atoms with Gasteiger partial charge < -0.3 is 9.80 Å². The maximum atomic E-state index is 12.9. The highest BCUT2D eigenvalue weighted by Gasteiger charge is 2.29. The maximum absolute atomic E-state index is 12.9. The first-order valence-corrected chi connectivity index (χ1v) is 9.92. The minimum Gasteiger partial charge on any atom is -0.338 e. The molecule has 3 heterocycles. The molecule has 2 aromatic rings. The Morgan fingerprint density at radius 1 is 1.38 bits per heavy atom. The van der Waals surface area contributed by atoms with E-state index in [0.29, 0.717) is 31.7 Å². The molecule has 154 valence electrons. The number of rotatable bonds is 6. The molecule has 1 aliphatic rings. The van der Waals surface area contributed by atoms with Crippen molar-refractivity contribution < 1.29 is 4.79 Å². The Labute approximate surface area is 170 Å². The number of pyridine rings is 1. The Hall–Kier alpha value is -2.99. The number of hydrogen-bond donors (Lipinski definition) is 0. The molecule has 1 aliphatic heterocycles. The fourth-order valence-electron chi connectivity index (χ4n) is 3.64. The van der Waals surface area contributed by atoms with Crippen molar-refractivity contribution in [3.8, 4) is 6.07 Å². The van der Waals surface area contributed by atoms with Gasteiger partial charge in [-0.3, -0.25) is 9.36 Å². The zero-order valence-corrected chi connectivity index (χ0v) is 17.2. The Morgan fingerprint density at radius 3 is 2.79 bits per heavy atom. The summed E-state index contributed by atoms with van der Waals surface area (Å²) < 4.78 is 3.25. The topological polar surface area (TPSA) is 100 Å². The molecule has 3 rings (SSSR count). The average Bonchev–Trinajstić information content (AvgIpc) is 3.07. The molecule has 0 aromatic carbocycles. The van der Waals surface area contributed by atoms with Crippen LogP contribution in [-0.2, 0) is 13.1 Å². The molecular formula is C20H27N7O2. The van der Waals surface area contributed by atoms with Crippen LogP contribution in [0.5, 0.6) is 0 Å². The fourth-order valence-corrected chi connectivity index (χ4v) is 3.64. The van der Waals surface area contributed by atoms with Gasteiger partial charge in [-0.15, -0.1) is 0 Å². The lowest BCUT2D eigenvalue weighted by Crippen LogP contribution is -2.40. The second-order valence-corrected chi connectivity index (χ2v) is 7.55. The van der Waals surface area contributed by atoms with E-state index in [0.717, 1.165) is 25.2 Å². The molecule has 0 bridgehead atoms. The van der Waals surface area contributed by atoms with Gasteiger partial charge >= 0.3 is 5.69 Å². The van der Waals surface area contributed by atoms with Crippen LogP contribution < -0.4 is 5.69 Å². The summed E-state index contributed by atoms with van der Waals surface area (Å²) in [5, 5.41) is 13.5. The Balaban J connectivity index is 1.79. The molecular weight excluding hydrogens is 370 g/mol. The third-order valence-corrected chi connectivity index (χ3v) is 5.23. The Bertz CT molecular complexity index is 953. The predicted molar refractivity (Wildman–Crippen MR) is 108 cm³/mol. The van der Waals surface area contributed by atoms with Gasteiger partial charge in [0.1, 0.15) is 17.6 Å². The van der Waals surface area contributed by atoms with Crippen molar-refractivity contribution >= 4 is 5.91 Å². The molecule has 0 spiro atoms. The number of likely N-dealkylation sites (tertiary alicyclic amines) is 1. The van der Waals surface area contributed by atoms with Crippen molar-refractivity contribution in [1.82, 2.24) is 29.1 Å². The third-order valence-electron chi connectivity index (χ3n) is 5.23. The summed E-state index contributed by atoms with van der Waals surface area (Å²) in [6.45, 7) is 4.95. The molecule has 9 heteroatoms. The summed E-state index contributed by atoms with van der Waals surface area (Å²) in [7, 11) is 3.93. The van der Waals surface area contributed by atoms with E-state index in [4.69, 9.17) is 5.26 Å². The summed E-state index contributed by atoms with van der Waals surface area (Å²) in [6, 6.07) is 5.14. The van der Waals surface area contributed by atoms with E-state index in [9.17, 15) is 9.59 Å². The van der Waals surface area contributed by atoms with Gasteiger partial charge in [0.15, 0.2) is 0 Å². The molecule has 0 radical (unpaired) electrons. The first-order valence-electron chi connectivity index (χ1n) is 9.92. The van der Waals surface area contributed by atoms with E-state index in [-0.39, 0.29) is 23.2 Å². The smallest absolute Gasteiger partial charge is 0.338 e. The van der Waals surface area contributed by atoms with E-state index < -0.39 is 0 Å². The van der Waals surface area contributed by atoms with Crippen LogP contribution in [0.25, 0.3) is 0 Å². The SMILES string of the molecule is CCn1c([C@@H]2CCCN(C(=O)c3ccc(C#N)nc3)C2)nn(CCN(C)C)c1=O. The zero-order chi connectivity index (χ0) is 21.0. The summed E-state index contributed by atoms with van der Waals surface area (Å²) in [5.41, 5.74) is 0.659. The first kappa shape index (κ1) is 20.7. The van der Waals surface area contributed by atoms with E-state index in [1.54, 1.807) is 21.6 Å². The molecule has 1 amide bonds. The second kappa shape index (κ2) is 9.01. The number of nitriles is 1. The maximum Gasteiger partial charge on any atom is 0.345 e. The number of carbonyl (C=O) groups excluding carboxylic acids is 1. The highest BCUT2D eigenvalue weighted by atomic mass is 16.2. The number of piperidine rings is 1. The average molecular weight is 397 g/mol. The van der Waals surface area contributed by atoms with Gasteiger partial charge in [0.05, 0.1) is 12.1 Å². The van der Waals surface area contributed by atoms with E-state index in [2.05, 4.69) is 10.1 Å². The largest absolute Gasteiger partial charge is 0.345 e. The summed E-state index contributed by atoms with van der Waals surface area (Å²) >= 11 is 0. The van der Waals surface area contributed by atoms with Crippen LogP contribution in [0.4, 0.5) is 0 Å². The van der Waals surface area contributed by atoms with Gasteiger partial charge in [-0.25, -0.2) is 14.5 Å². The number of aromatic nitrogens is 4. The summed E-state index contributed by atoms with van der Waals surface area (Å²) in [5.74, 6) is 0.670. The molecule has 2 aromatic heterocycles. The lowest BCUT2D eigenvalue weighted by Gasteiger charge is -2.32. The first-order chi connectivity index (χ1) is 13.9. The molecule has 1 fully saturated rings. The lowest BCUT2D eigenvalue weighted by atomic mass is 9.96. The third kappa shape index (κ3) is 4.54. The normalized spacial score (nSPS) is 16.8. The number of carbonyl (C=O) groups is 1. The number of hydrogen-bond acceptors (Lipinski definition) is 6. The Kier molecular flexibility index (Phi) is 6.44. The number of likely N-dealkylation sites (N-methyl/N-ethyl adjacent to an activating group) is 1. The number of amides is 1. The summed E-state index contributed by atoms with van der Waals surface area (Å²) in [4.78, 5) is 33.4. The van der Waals surface area contributed by atoms with Crippen molar-refractivity contribution in [2.24, 2.45) is 0 Å². The van der Waals surface area contributed by atoms with Gasteiger partial charge in [-0.2, -0.15) is 10.4 Å². The van der Waals surface area contributed by atoms with E-state index in [1.165, 1.54) is 10.9 Å². The second-order valence-electron chi connectivity index (χ2n) is 7.55. The standard InChI is InChI=1S/C20H27N7O2/c1-4-26-18(23-27(20(26)29)11-10-24(2)3)16-6-5-9-25(14-16)19(28)15-7-8-17(12-21)22-13-15/h7-8,13,16H,4-6,9-11,14H2,1-3H3/t16-/m1/s1. The highest BCUT2D eigenvalue weighted by Crippen LogP contribution is 2.26. The zero-order valence-electron chi connectivity index (χ0n) is 17.2. The van der Waals surface area contributed by atoms with Crippen LogP contribution in [0.1, 0.15) is 47.6 Å². The van der Waals surface area contributed by atoms with Crippen LogP contribution in [0, 0.1) is 11.3 Å². The van der Waals surface area contributed by atoms with Crippen molar-refractivity contribution in [1.29, 1.82) is 5.26 Å². The van der Waals surface area contributed by atoms with Crippen molar-refractivity contribution in [2.75, 3.05) is 33.7 Å². The molecule has 1 atom stereocenters. The van der Waals surface area contributed by atoms with Gasteiger partial charge in [0.2, 0.25) is 0 Å². The summed E-state index contributed by atoms with van der Waals surface area (Å²) in [6.07, 6.45) is 3.19. The van der Waals surface area contributed by atoms with Crippen LogP contribution in [-0.4, -0.2) is 68.8 Å². The van der Waals surface area contributed by atoms with Crippen molar-refractivity contribution in [3.05, 3.63) is 45.9 Å².